The van der Waals surface area contributed by atoms with Gasteiger partial charge in [-0.05, 0) is 31.4 Å². The maximum Gasteiger partial charge on any atom is 0.401 e. The van der Waals surface area contributed by atoms with Gasteiger partial charge in [0.2, 0.25) is 0 Å². The minimum Gasteiger partial charge on any atom is -0.289 e. The number of rotatable bonds is 5. The van der Waals surface area contributed by atoms with Gasteiger partial charge in [0.15, 0.2) is 0 Å². The van der Waals surface area contributed by atoms with Crippen molar-refractivity contribution in [2.24, 2.45) is 5.84 Å². The summed E-state index contributed by atoms with van der Waals surface area (Å²) in [6, 6.07) is 1.62. The first-order valence-corrected chi connectivity index (χ1v) is 7.03. The molecule has 1 heterocycles. The van der Waals surface area contributed by atoms with Crippen LogP contribution in [0.1, 0.15) is 33.0 Å². The van der Waals surface area contributed by atoms with E-state index in [4.69, 9.17) is 5.84 Å². The maximum atomic E-state index is 12.6. The van der Waals surface area contributed by atoms with Crippen molar-refractivity contribution in [3.63, 3.8) is 0 Å². The van der Waals surface area contributed by atoms with E-state index in [-0.39, 0.29) is 12.6 Å². The van der Waals surface area contributed by atoms with E-state index in [2.05, 4.69) is 0 Å². The number of halogens is 3. The highest BCUT2D eigenvalue weighted by atomic mass is 32.1. The van der Waals surface area contributed by atoms with Gasteiger partial charge < -0.3 is 0 Å². The number of carbonyl (C=O) groups is 1. The summed E-state index contributed by atoms with van der Waals surface area (Å²) in [4.78, 5) is 14.1. The van der Waals surface area contributed by atoms with Gasteiger partial charge in [0, 0.05) is 17.5 Å². The minimum atomic E-state index is -4.20. The molecule has 0 radical (unpaired) electrons. The van der Waals surface area contributed by atoms with Crippen LogP contribution in [0.15, 0.2) is 6.07 Å². The van der Waals surface area contributed by atoms with E-state index in [1.807, 2.05) is 5.43 Å². The van der Waals surface area contributed by atoms with Gasteiger partial charge in [-0.3, -0.25) is 15.1 Å². The van der Waals surface area contributed by atoms with E-state index < -0.39 is 18.6 Å². The molecule has 4 nitrogen and oxygen atoms in total. The molecular weight excluding hydrogens is 291 g/mol. The fraction of sp³-hybridized carbons (Fsp3) is 0.583. The minimum absolute atomic E-state index is 0.00251. The molecule has 20 heavy (non-hydrogen) atoms. The van der Waals surface area contributed by atoms with Gasteiger partial charge >= 0.3 is 6.18 Å². The zero-order chi connectivity index (χ0) is 14.9. The molecule has 1 saturated carbocycles. The highest BCUT2D eigenvalue weighted by Crippen LogP contribution is 2.33. The number of nitrogen functional groups attached to an aromatic ring is 1. The third-order valence-corrected chi connectivity index (χ3v) is 4.29. The summed E-state index contributed by atoms with van der Waals surface area (Å²) >= 11 is 1.24. The Morgan fingerprint density at radius 2 is 2.20 bits per heavy atom. The molecule has 112 valence electrons. The molecule has 2 rings (SSSR count). The Balaban J connectivity index is 2.10. The molecule has 0 bridgehead atoms. The standard InChI is InChI=1S/C12H16F3N3OS/c1-7-8(4-10(20-7)11(19)17-16)5-18(9-2-3-9)6-12(13,14)15/h4,9H,2-3,5-6,16H2,1H3,(H,17,19). The quantitative estimate of drug-likeness (QED) is 0.498. The van der Waals surface area contributed by atoms with E-state index in [1.54, 1.807) is 13.0 Å². The Kier molecular flexibility index (Phi) is 4.36. The van der Waals surface area contributed by atoms with Crippen LogP contribution in [0.5, 0.6) is 0 Å². The lowest BCUT2D eigenvalue weighted by molar-refractivity contribution is -0.148. The summed E-state index contributed by atoms with van der Waals surface area (Å²) < 4.78 is 37.7. The summed E-state index contributed by atoms with van der Waals surface area (Å²) in [5.41, 5.74) is 2.78. The molecule has 0 aromatic carbocycles. The molecule has 8 heteroatoms. The van der Waals surface area contributed by atoms with Gasteiger partial charge in [-0.1, -0.05) is 0 Å². The lowest BCUT2D eigenvalue weighted by Gasteiger charge is -2.23. The number of nitrogens with zero attached hydrogens (tertiary/aromatic N) is 1. The van der Waals surface area contributed by atoms with Crippen molar-refractivity contribution < 1.29 is 18.0 Å². The summed E-state index contributed by atoms with van der Waals surface area (Å²) in [6.45, 7) is 1.10. The second-order valence-electron chi connectivity index (χ2n) is 4.92. The fourth-order valence-corrected chi connectivity index (χ4v) is 3.00. The summed E-state index contributed by atoms with van der Waals surface area (Å²) in [7, 11) is 0. The lowest BCUT2D eigenvalue weighted by atomic mass is 10.2. The molecule has 0 saturated heterocycles. The highest BCUT2D eigenvalue weighted by molar-refractivity contribution is 7.14. The molecule has 1 aliphatic rings. The molecule has 1 amide bonds. The third-order valence-electron chi connectivity index (χ3n) is 3.19. The molecule has 0 unspecified atom stereocenters. The number of hydrogen-bond donors (Lipinski definition) is 2. The number of hydrazine groups is 1. The number of carbonyl (C=O) groups excluding carboxylic acids is 1. The molecule has 1 fully saturated rings. The van der Waals surface area contributed by atoms with E-state index in [9.17, 15) is 18.0 Å². The molecule has 1 aliphatic carbocycles. The number of aryl methyl sites for hydroxylation is 1. The van der Waals surface area contributed by atoms with Crippen molar-refractivity contribution in [2.75, 3.05) is 6.54 Å². The molecule has 0 spiro atoms. The van der Waals surface area contributed by atoms with Gasteiger partial charge in [0.25, 0.3) is 5.91 Å². The second kappa shape index (κ2) is 5.71. The van der Waals surface area contributed by atoms with Crippen molar-refractivity contribution in [1.82, 2.24) is 10.3 Å². The Hall–Kier alpha value is -1.12. The van der Waals surface area contributed by atoms with Gasteiger partial charge in [-0.15, -0.1) is 11.3 Å². The summed E-state index contributed by atoms with van der Waals surface area (Å²) in [6.07, 6.45) is -2.60. The number of nitrogens with two attached hydrogens (primary N) is 1. The van der Waals surface area contributed by atoms with Crippen molar-refractivity contribution in [3.05, 3.63) is 21.4 Å². The van der Waals surface area contributed by atoms with Crippen molar-refractivity contribution in [2.45, 2.75) is 38.5 Å². The Morgan fingerprint density at radius 1 is 1.55 bits per heavy atom. The fourth-order valence-electron chi connectivity index (χ4n) is 2.06. The number of alkyl halides is 3. The highest BCUT2D eigenvalue weighted by Gasteiger charge is 2.38. The van der Waals surface area contributed by atoms with Gasteiger partial charge in [-0.2, -0.15) is 13.2 Å². The second-order valence-corrected chi connectivity index (χ2v) is 6.17. The van der Waals surface area contributed by atoms with Crippen LogP contribution in [-0.2, 0) is 6.54 Å². The molecule has 3 N–H and O–H groups in total. The largest absolute Gasteiger partial charge is 0.401 e. The van der Waals surface area contributed by atoms with Crippen LogP contribution in [0, 0.1) is 6.92 Å². The van der Waals surface area contributed by atoms with Crippen molar-refractivity contribution >= 4 is 17.2 Å². The molecule has 1 aromatic rings. The van der Waals surface area contributed by atoms with Crippen molar-refractivity contribution in [1.29, 1.82) is 0 Å². The predicted octanol–water partition coefficient (Wildman–Crippen LogP) is 2.19. The van der Waals surface area contributed by atoms with E-state index in [1.165, 1.54) is 16.2 Å². The molecule has 0 atom stereocenters. The van der Waals surface area contributed by atoms with Gasteiger partial charge in [0.1, 0.15) is 0 Å². The van der Waals surface area contributed by atoms with Crippen LogP contribution in [0.3, 0.4) is 0 Å². The first kappa shape index (κ1) is 15.3. The Morgan fingerprint density at radius 3 is 2.70 bits per heavy atom. The smallest absolute Gasteiger partial charge is 0.289 e. The van der Waals surface area contributed by atoms with E-state index >= 15 is 0 Å². The maximum absolute atomic E-state index is 12.6. The predicted molar refractivity (Wildman–Crippen MR) is 70.2 cm³/mol. The lowest BCUT2D eigenvalue weighted by Crippen LogP contribution is -2.35. The van der Waals surface area contributed by atoms with E-state index in [0.717, 1.165) is 23.3 Å². The van der Waals surface area contributed by atoms with Crippen LogP contribution in [0.25, 0.3) is 0 Å². The Bertz CT molecular complexity index is 497. The summed E-state index contributed by atoms with van der Waals surface area (Å²) in [5, 5.41) is 0. The topological polar surface area (TPSA) is 58.4 Å². The zero-order valence-corrected chi connectivity index (χ0v) is 11.8. The molecule has 0 aliphatic heterocycles. The van der Waals surface area contributed by atoms with Crippen LogP contribution in [0.2, 0.25) is 0 Å². The SMILES string of the molecule is Cc1sc(C(=O)NN)cc1CN(CC(F)(F)F)C1CC1. The van der Waals surface area contributed by atoms with E-state index in [0.29, 0.717) is 4.88 Å². The summed E-state index contributed by atoms with van der Waals surface area (Å²) in [5.74, 6) is 4.64. The van der Waals surface area contributed by atoms with Gasteiger partial charge in [0.05, 0.1) is 11.4 Å². The van der Waals surface area contributed by atoms with Gasteiger partial charge in [-0.25, -0.2) is 5.84 Å². The van der Waals surface area contributed by atoms with Crippen LogP contribution >= 0.6 is 11.3 Å². The zero-order valence-electron chi connectivity index (χ0n) is 11.0. The Labute approximate surface area is 118 Å². The normalized spacial score (nSPS) is 15.7. The van der Waals surface area contributed by atoms with Crippen LogP contribution in [0.4, 0.5) is 13.2 Å². The molecular formula is C12H16F3N3OS. The number of thiophene rings is 1. The first-order valence-electron chi connectivity index (χ1n) is 6.21. The first-order chi connectivity index (χ1) is 9.30. The monoisotopic (exact) mass is 307 g/mol. The van der Waals surface area contributed by atoms with Crippen LogP contribution < -0.4 is 11.3 Å². The number of nitrogens with one attached hydrogen (secondary N) is 1. The molecule has 1 aromatic heterocycles. The number of hydrogen-bond acceptors (Lipinski definition) is 4. The van der Waals surface area contributed by atoms with Crippen LogP contribution in [-0.4, -0.2) is 29.6 Å². The third kappa shape index (κ3) is 3.94. The van der Waals surface area contributed by atoms with Crippen molar-refractivity contribution in [3.8, 4) is 0 Å². The average molecular weight is 307 g/mol. The number of amides is 1. The average Bonchev–Trinajstić information content (AvgIpc) is 3.12.